The van der Waals surface area contributed by atoms with Crippen molar-refractivity contribution in [3.05, 3.63) is 54.4 Å². The van der Waals surface area contributed by atoms with E-state index in [4.69, 9.17) is 23.7 Å². The number of hydrogen-bond donors (Lipinski definition) is 1. The van der Waals surface area contributed by atoms with E-state index >= 15 is 0 Å². The minimum atomic E-state index is -2.24. The SMILES string of the molecule is C=C1C(OC(C)=O)C(OC(=O)c2cccnc2)C(OC(C)=O)C(C)(C)C=CC(C)C(=O)C2(O)CC(C)C(OC(=O)C(C)C)C2C1OC(C)=O. The molecule has 2 aliphatic carbocycles. The first-order chi connectivity index (χ1) is 22.7. The van der Waals surface area contributed by atoms with Crippen LogP contribution in [0.3, 0.4) is 0 Å². The van der Waals surface area contributed by atoms with Crippen LogP contribution < -0.4 is 0 Å². The number of Topliss-reactive ketones (excluding diaryl/α,β-unsaturated/α-hetero) is 1. The molecule has 0 bridgehead atoms. The summed E-state index contributed by atoms with van der Waals surface area (Å²) in [4.78, 5) is 82.9. The molecule has 0 spiro atoms. The molecule has 13 nitrogen and oxygen atoms in total. The van der Waals surface area contributed by atoms with Gasteiger partial charge >= 0.3 is 29.8 Å². The van der Waals surface area contributed by atoms with Gasteiger partial charge in [0.2, 0.25) is 0 Å². The van der Waals surface area contributed by atoms with Crippen LogP contribution in [-0.4, -0.2) is 81.8 Å². The van der Waals surface area contributed by atoms with Gasteiger partial charge in [-0.15, -0.1) is 0 Å². The second-order valence-electron chi connectivity index (χ2n) is 13.8. The van der Waals surface area contributed by atoms with Gasteiger partial charge in [0.05, 0.1) is 17.4 Å². The van der Waals surface area contributed by atoms with E-state index in [0.29, 0.717) is 0 Å². The predicted octanol–water partition coefficient (Wildman–Crippen LogP) is 3.71. The zero-order valence-corrected chi connectivity index (χ0v) is 29.5. The lowest BCUT2D eigenvalue weighted by Gasteiger charge is -2.44. The number of aromatic nitrogens is 1. The minimum absolute atomic E-state index is 0.0196. The number of ether oxygens (including phenoxy) is 5. The number of carbonyl (C=O) groups excluding carboxylic acids is 6. The van der Waals surface area contributed by atoms with E-state index in [1.54, 1.807) is 47.6 Å². The third-order valence-corrected chi connectivity index (χ3v) is 8.88. The number of hydrogen-bond acceptors (Lipinski definition) is 13. The molecule has 49 heavy (non-hydrogen) atoms. The van der Waals surface area contributed by atoms with Crippen LogP contribution in [0.1, 0.15) is 79.1 Å². The van der Waals surface area contributed by atoms with E-state index in [2.05, 4.69) is 11.6 Å². The predicted molar refractivity (Wildman–Crippen MR) is 173 cm³/mol. The van der Waals surface area contributed by atoms with E-state index in [0.717, 1.165) is 20.8 Å². The smallest absolute Gasteiger partial charge is 0.340 e. The summed E-state index contributed by atoms with van der Waals surface area (Å²) in [5.41, 5.74) is -3.67. The highest BCUT2D eigenvalue weighted by Gasteiger charge is 2.63. The highest BCUT2D eigenvalue weighted by Crippen LogP contribution is 2.49. The number of nitrogens with zero attached hydrogens (tertiary/aromatic N) is 1. The van der Waals surface area contributed by atoms with Crippen LogP contribution in [0.2, 0.25) is 0 Å². The Labute approximate surface area is 286 Å². The third-order valence-electron chi connectivity index (χ3n) is 8.88. The maximum absolute atomic E-state index is 14.3. The summed E-state index contributed by atoms with van der Waals surface area (Å²) in [6.45, 7) is 17.2. The summed E-state index contributed by atoms with van der Waals surface area (Å²) < 4.78 is 29.3. The normalized spacial score (nSPS) is 31.4. The van der Waals surface area contributed by atoms with Crippen molar-refractivity contribution in [2.45, 2.75) is 105 Å². The number of pyridine rings is 1. The first-order valence-corrected chi connectivity index (χ1v) is 16.2. The fourth-order valence-corrected chi connectivity index (χ4v) is 6.52. The largest absolute Gasteiger partial charge is 0.461 e. The van der Waals surface area contributed by atoms with Gasteiger partial charge in [-0.25, -0.2) is 4.79 Å². The molecule has 2 aliphatic rings. The topological polar surface area (TPSA) is 182 Å². The fraction of sp³-hybridized carbons (Fsp3) is 0.583. The van der Waals surface area contributed by atoms with Crippen molar-refractivity contribution in [3.8, 4) is 0 Å². The summed E-state index contributed by atoms with van der Waals surface area (Å²) in [6.07, 6.45) is -1.93. The number of carbonyl (C=O) groups is 6. The molecule has 0 radical (unpaired) electrons. The quantitative estimate of drug-likeness (QED) is 0.249. The molecule has 13 heteroatoms. The van der Waals surface area contributed by atoms with E-state index in [-0.39, 0.29) is 17.6 Å². The van der Waals surface area contributed by atoms with Crippen molar-refractivity contribution in [1.82, 2.24) is 4.98 Å². The van der Waals surface area contributed by atoms with E-state index < -0.39 is 101 Å². The monoisotopic (exact) mass is 685 g/mol. The summed E-state index contributed by atoms with van der Waals surface area (Å²) in [5, 5.41) is 12.4. The molecule has 1 aromatic heterocycles. The second kappa shape index (κ2) is 15.4. The number of aliphatic hydroxyl groups is 1. The maximum Gasteiger partial charge on any atom is 0.340 e. The molecular weight excluding hydrogens is 638 g/mol. The Morgan fingerprint density at radius 3 is 2.04 bits per heavy atom. The molecule has 1 fully saturated rings. The standard InChI is InChI=1S/C36H47NO12/c1-18(2)33(42)48-27-20(4)16-36(44)26(27)28(45-22(6)38)21(5)29(46-23(7)39)30(49-34(43)25-12-11-15-37-17-25)32(47-24(8)40)35(9,10)14-13-19(3)31(36)41/h11-15,17-20,26-30,32,44H,5,16H2,1-4,6-10H3. The number of fused-ring (bicyclic) bond motifs is 1. The average molecular weight is 686 g/mol. The van der Waals surface area contributed by atoms with E-state index in [1.807, 2.05) is 0 Å². The number of ketones is 1. The van der Waals surface area contributed by atoms with Gasteiger partial charge in [0, 0.05) is 50.1 Å². The highest BCUT2D eigenvalue weighted by molar-refractivity contribution is 5.92. The molecule has 9 unspecified atom stereocenters. The number of allylic oxidation sites excluding steroid dienone is 1. The molecule has 9 atom stereocenters. The Morgan fingerprint density at radius 1 is 0.918 bits per heavy atom. The van der Waals surface area contributed by atoms with Gasteiger partial charge in [-0.2, -0.15) is 0 Å². The molecule has 1 aromatic rings. The molecule has 1 saturated carbocycles. The lowest BCUT2D eigenvalue weighted by molar-refractivity contribution is -0.181. The van der Waals surface area contributed by atoms with Crippen LogP contribution in [0.4, 0.5) is 0 Å². The Hall–Kier alpha value is -4.39. The Kier molecular flexibility index (Phi) is 12.3. The zero-order chi connectivity index (χ0) is 37.0. The molecule has 0 aromatic carbocycles. The lowest BCUT2D eigenvalue weighted by atomic mass is 9.72. The van der Waals surface area contributed by atoms with Crippen molar-refractivity contribution >= 4 is 35.6 Å². The molecule has 0 amide bonds. The van der Waals surface area contributed by atoms with Crippen LogP contribution in [0.15, 0.2) is 48.8 Å². The van der Waals surface area contributed by atoms with E-state index in [1.165, 1.54) is 30.6 Å². The zero-order valence-electron chi connectivity index (χ0n) is 29.5. The van der Waals surface area contributed by atoms with Crippen LogP contribution in [0.5, 0.6) is 0 Å². The van der Waals surface area contributed by atoms with Crippen molar-refractivity contribution in [1.29, 1.82) is 0 Å². The van der Waals surface area contributed by atoms with Gasteiger partial charge < -0.3 is 28.8 Å². The van der Waals surface area contributed by atoms with Crippen LogP contribution in [0.25, 0.3) is 0 Å². The second-order valence-corrected chi connectivity index (χ2v) is 13.8. The summed E-state index contributed by atoms with van der Waals surface area (Å²) in [5.74, 6) is -8.32. The van der Waals surface area contributed by atoms with Gasteiger partial charge in [-0.05, 0) is 24.5 Å². The molecule has 1 N–H and O–H groups in total. The molecule has 1 heterocycles. The molecule has 0 aliphatic heterocycles. The molecule has 3 rings (SSSR count). The lowest BCUT2D eigenvalue weighted by Crippen LogP contribution is -2.58. The summed E-state index contributed by atoms with van der Waals surface area (Å²) in [6, 6.07) is 2.95. The van der Waals surface area contributed by atoms with Crippen molar-refractivity contribution in [2.24, 2.45) is 29.1 Å². The van der Waals surface area contributed by atoms with E-state index in [9.17, 15) is 33.9 Å². The van der Waals surface area contributed by atoms with Crippen LogP contribution >= 0.6 is 0 Å². The molecular formula is C36H47NO12. The van der Waals surface area contributed by atoms with Crippen molar-refractivity contribution in [3.63, 3.8) is 0 Å². The fourth-order valence-electron chi connectivity index (χ4n) is 6.52. The van der Waals surface area contributed by atoms with Gasteiger partial charge in [-0.1, -0.05) is 60.3 Å². The maximum atomic E-state index is 14.3. The molecule has 268 valence electrons. The van der Waals surface area contributed by atoms with Gasteiger partial charge in [0.15, 0.2) is 24.1 Å². The number of esters is 5. The van der Waals surface area contributed by atoms with Crippen LogP contribution in [0, 0.1) is 29.1 Å². The van der Waals surface area contributed by atoms with Gasteiger partial charge in [-0.3, -0.25) is 29.0 Å². The summed E-state index contributed by atoms with van der Waals surface area (Å²) in [7, 11) is 0. The number of rotatable bonds is 7. The average Bonchev–Trinajstić information content (AvgIpc) is 3.27. The summed E-state index contributed by atoms with van der Waals surface area (Å²) >= 11 is 0. The first kappa shape index (κ1) is 39.1. The van der Waals surface area contributed by atoms with Gasteiger partial charge in [0.25, 0.3) is 0 Å². The molecule has 0 saturated heterocycles. The first-order valence-electron chi connectivity index (χ1n) is 16.2. The van der Waals surface area contributed by atoms with Crippen LogP contribution in [-0.2, 0) is 47.7 Å². The van der Waals surface area contributed by atoms with Gasteiger partial charge in [0.1, 0.15) is 17.8 Å². The van der Waals surface area contributed by atoms with Crippen molar-refractivity contribution in [2.75, 3.05) is 0 Å². The minimum Gasteiger partial charge on any atom is -0.461 e. The Bertz CT molecular complexity index is 1480. The Morgan fingerprint density at radius 2 is 1.51 bits per heavy atom. The Balaban J connectivity index is 2.41. The highest BCUT2D eigenvalue weighted by atomic mass is 16.6. The third kappa shape index (κ3) is 8.80. The van der Waals surface area contributed by atoms with Crippen molar-refractivity contribution < 1.29 is 57.6 Å².